The van der Waals surface area contributed by atoms with E-state index in [2.05, 4.69) is 69.5 Å². The van der Waals surface area contributed by atoms with Gasteiger partial charge in [-0.2, -0.15) is 0 Å². The maximum Gasteiger partial charge on any atom is 0.0766 e. The van der Waals surface area contributed by atoms with Crippen LogP contribution in [0.4, 0.5) is 11.4 Å². The monoisotopic (exact) mass is 345 g/mol. The minimum atomic E-state index is 0.532. The molecule has 3 rings (SSSR count). The molecule has 3 nitrogen and oxygen atoms in total. The molecule has 110 valence electrons. The maximum atomic E-state index is 4.23. The van der Waals surface area contributed by atoms with Crippen LogP contribution < -0.4 is 10.2 Å². The number of benzene rings is 1. The normalized spacial score (nSPS) is 20.7. The summed E-state index contributed by atoms with van der Waals surface area (Å²) < 4.78 is 1.23. The van der Waals surface area contributed by atoms with Gasteiger partial charge in [-0.3, -0.25) is 4.98 Å². The van der Waals surface area contributed by atoms with E-state index in [0.717, 1.165) is 5.69 Å². The Balaban J connectivity index is 1.64. The largest absolute Gasteiger partial charge is 0.379 e. The molecule has 1 saturated carbocycles. The van der Waals surface area contributed by atoms with E-state index in [1.54, 1.807) is 0 Å². The van der Waals surface area contributed by atoms with Gasteiger partial charge >= 0.3 is 0 Å². The van der Waals surface area contributed by atoms with Gasteiger partial charge in [0, 0.05) is 30.8 Å². The highest BCUT2D eigenvalue weighted by atomic mass is 79.9. The van der Waals surface area contributed by atoms with Crippen molar-refractivity contribution in [1.29, 1.82) is 0 Å². The zero-order valence-corrected chi connectivity index (χ0v) is 14.0. The van der Waals surface area contributed by atoms with Gasteiger partial charge in [0.1, 0.15) is 0 Å². The van der Waals surface area contributed by atoms with Gasteiger partial charge in [-0.25, -0.2) is 0 Å². The number of rotatable bonds is 4. The fourth-order valence-electron chi connectivity index (χ4n) is 2.90. The van der Waals surface area contributed by atoms with E-state index in [4.69, 9.17) is 0 Å². The second kappa shape index (κ2) is 6.06. The number of nitrogens with zero attached hydrogens (tertiary/aromatic N) is 2. The molecular formula is C17H20BrN3. The Hall–Kier alpha value is -1.55. The van der Waals surface area contributed by atoms with E-state index in [1.165, 1.54) is 28.6 Å². The van der Waals surface area contributed by atoms with E-state index in [9.17, 15) is 0 Å². The summed E-state index contributed by atoms with van der Waals surface area (Å²) in [5.74, 6) is 0.651. The van der Waals surface area contributed by atoms with E-state index in [-0.39, 0.29) is 0 Å². The minimum Gasteiger partial charge on any atom is -0.379 e. The van der Waals surface area contributed by atoms with Crippen molar-refractivity contribution in [3.05, 3.63) is 52.8 Å². The average molecular weight is 346 g/mol. The zero-order chi connectivity index (χ0) is 14.8. The molecule has 2 aromatic rings. The molecule has 0 saturated heterocycles. The van der Waals surface area contributed by atoms with Gasteiger partial charge in [0.05, 0.1) is 17.6 Å². The first-order valence-electron chi connectivity index (χ1n) is 7.27. The number of aromatic nitrogens is 1. The lowest BCUT2D eigenvalue weighted by atomic mass is 9.76. The molecule has 1 fully saturated rings. The number of pyridine rings is 1. The van der Waals surface area contributed by atoms with Gasteiger partial charge in [0.15, 0.2) is 0 Å². The highest BCUT2D eigenvalue weighted by molar-refractivity contribution is 9.10. The summed E-state index contributed by atoms with van der Waals surface area (Å²) in [6, 6.07) is 11.1. The van der Waals surface area contributed by atoms with Crippen molar-refractivity contribution >= 4 is 27.3 Å². The van der Waals surface area contributed by atoms with Gasteiger partial charge in [-0.05, 0) is 36.5 Å². The first-order valence-corrected chi connectivity index (χ1v) is 8.06. The van der Waals surface area contributed by atoms with Crippen molar-refractivity contribution in [3.8, 4) is 0 Å². The Morgan fingerprint density at radius 2 is 1.95 bits per heavy atom. The molecular weight excluding hydrogens is 326 g/mol. The predicted molar refractivity (Wildman–Crippen MR) is 92.1 cm³/mol. The fraction of sp³-hybridized carbons (Fsp3) is 0.353. The number of halogens is 1. The molecule has 1 N–H and O–H groups in total. The summed E-state index contributed by atoms with van der Waals surface area (Å²) in [7, 11) is 4.12. The smallest absolute Gasteiger partial charge is 0.0766 e. The molecule has 0 bridgehead atoms. The highest BCUT2D eigenvalue weighted by Crippen LogP contribution is 2.41. The van der Waals surface area contributed by atoms with Gasteiger partial charge in [0.2, 0.25) is 0 Å². The third-order valence-corrected chi connectivity index (χ3v) is 4.84. The topological polar surface area (TPSA) is 28.2 Å². The van der Waals surface area contributed by atoms with Crippen LogP contribution in [0.15, 0.2) is 47.2 Å². The summed E-state index contributed by atoms with van der Waals surface area (Å²) in [5, 5.41) is 3.63. The van der Waals surface area contributed by atoms with E-state index < -0.39 is 0 Å². The molecule has 1 aromatic carbocycles. The fourth-order valence-corrected chi connectivity index (χ4v) is 3.51. The molecule has 1 aliphatic carbocycles. The molecule has 1 heterocycles. The number of anilines is 2. The molecule has 1 aromatic heterocycles. The van der Waals surface area contributed by atoms with E-state index in [0.29, 0.717) is 12.0 Å². The summed E-state index contributed by atoms with van der Waals surface area (Å²) in [6.07, 6.45) is 6.10. The number of nitrogens with one attached hydrogen (secondary N) is 1. The van der Waals surface area contributed by atoms with Crippen LogP contribution in [0.25, 0.3) is 0 Å². The van der Waals surface area contributed by atoms with Crippen molar-refractivity contribution in [2.75, 3.05) is 24.3 Å². The molecule has 0 spiro atoms. The lowest BCUT2D eigenvalue weighted by Gasteiger charge is -2.38. The van der Waals surface area contributed by atoms with Crippen molar-refractivity contribution in [1.82, 2.24) is 4.98 Å². The maximum absolute atomic E-state index is 4.23. The quantitative estimate of drug-likeness (QED) is 0.896. The second-order valence-corrected chi connectivity index (χ2v) is 6.67. The molecule has 1 aliphatic rings. The SMILES string of the molecule is CN(C)c1ccncc1NC1CC(c2ccccc2Br)C1. The first kappa shape index (κ1) is 14.4. The summed E-state index contributed by atoms with van der Waals surface area (Å²) in [6.45, 7) is 0. The molecule has 0 unspecified atom stereocenters. The van der Waals surface area contributed by atoms with Gasteiger partial charge in [-0.15, -0.1) is 0 Å². The minimum absolute atomic E-state index is 0.532. The Morgan fingerprint density at radius 1 is 1.19 bits per heavy atom. The second-order valence-electron chi connectivity index (χ2n) is 5.82. The van der Waals surface area contributed by atoms with Crippen molar-refractivity contribution in [2.24, 2.45) is 0 Å². The van der Waals surface area contributed by atoms with Crippen molar-refractivity contribution < 1.29 is 0 Å². The third-order valence-electron chi connectivity index (χ3n) is 4.12. The molecule has 4 heteroatoms. The van der Waals surface area contributed by atoms with E-state index >= 15 is 0 Å². The van der Waals surface area contributed by atoms with Crippen LogP contribution in [0.5, 0.6) is 0 Å². The van der Waals surface area contributed by atoms with Gasteiger partial charge < -0.3 is 10.2 Å². The Morgan fingerprint density at radius 3 is 2.67 bits per heavy atom. The van der Waals surface area contributed by atoms with E-state index in [1.807, 2.05) is 18.5 Å². The van der Waals surface area contributed by atoms with Crippen LogP contribution in [-0.2, 0) is 0 Å². The Labute approximate surface area is 134 Å². The van der Waals surface area contributed by atoms with Gasteiger partial charge in [0.25, 0.3) is 0 Å². The Bertz CT molecular complexity index is 621. The third kappa shape index (κ3) is 3.05. The molecule has 21 heavy (non-hydrogen) atoms. The van der Waals surface area contributed by atoms with Crippen LogP contribution in [0.3, 0.4) is 0 Å². The number of hydrogen-bond donors (Lipinski definition) is 1. The average Bonchev–Trinajstić information content (AvgIpc) is 2.44. The first-order chi connectivity index (χ1) is 10.1. The van der Waals surface area contributed by atoms with Crippen molar-refractivity contribution in [2.45, 2.75) is 24.8 Å². The van der Waals surface area contributed by atoms with Crippen LogP contribution in [0.1, 0.15) is 24.3 Å². The van der Waals surface area contributed by atoms with Gasteiger partial charge in [-0.1, -0.05) is 34.1 Å². The summed E-state index contributed by atoms with van der Waals surface area (Å²) in [4.78, 5) is 6.35. The molecule has 0 amide bonds. The molecule has 0 atom stereocenters. The predicted octanol–water partition coefficient (Wildman–Crippen LogP) is 4.27. The number of hydrogen-bond acceptors (Lipinski definition) is 3. The Kier molecular flexibility index (Phi) is 4.15. The van der Waals surface area contributed by atoms with Crippen LogP contribution in [-0.4, -0.2) is 25.1 Å². The standard InChI is InChI=1S/C17H20BrN3/c1-21(2)17-7-8-19-11-16(17)20-13-9-12(10-13)14-5-3-4-6-15(14)18/h3-8,11-13,20H,9-10H2,1-2H3. The molecule has 0 aliphatic heterocycles. The molecule has 0 radical (unpaired) electrons. The summed E-state index contributed by atoms with van der Waals surface area (Å²) in [5.41, 5.74) is 3.74. The van der Waals surface area contributed by atoms with Crippen LogP contribution in [0.2, 0.25) is 0 Å². The summed E-state index contributed by atoms with van der Waals surface area (Å²) >= 11 is 3.65. The lowest BCUT2D eigenvalue weighted by Crippen LogP contribution is -2.34. The highest BCUT2D eigenvalue weighted by Gasteiger charge is 2.31. The van der Waals surface area contributed by atoms with Crippen LogP contribution in [0, 0.1) is 0 Å². The zero-order valence-electron chi connectivity index (χ0n) is 12.4. The van der Waals surface area contributed by atoms with Crippen molar-refractivity contribution in [3.63, 3.8) is 0 Å². The lowest BCUT2D eigenvalue weighted by molar-refractivity contribution is 0.373. The van der Waals surface area contributed by atoms with Crippen LogP contribution >= 0.6 is 15.9 Å².